The van der Waals surface area contributed by atoms with Crippen molar-refractivity contribution in [3.8, 4) is 0 Å². The molecule has 7 nitrogen and oxygen atoms in total. The van der Waals surface area contributed by atoms with Crippen LogP contribution < -0.4 is 10.0 Å². The molecule has 0 unspecified atom stereocenters. The average Bonchev–Trinajstić information content (AvgIpc) is 3.32. The minimum atomic E-state index is -3.84. The number of nitrogens with one attached hydrogen (secondary N) is 2. The maximum Gasteiger partial charge on any atom is 0.261 e. The third-order valence-electron chi connectivity index (χ3n) is 5.52. The van der Waals surface area contributed by atoms with Crippen molar-refractivity contribution in [2.24, 2.45) is 0 Å². The van der Waals surface area contributed by atoms with Gasteiger partial charge in [-0.25, -0.2) is 13.4 Å². The van der Waals surface area contributed by atoms with E-state index in [9.17, 15) is 13.2 Å². The van der Waals surface area contributed by atoms with Gasteiger partial charge in [-0.2, -0.15) is 0 Å². The highest BCUT2D eigenvalue weighted by Gasteiger charge is 2.19. The molecule has 1 amide bonds. The van der Waals surface area contributed by atoms with Crippen LogP contribution in [-0.2, 0) is 23.1 Å². The predicted molar refractivity (Wildman–Crippen MR) is 132 cm³/mol. The highest BCUT2D eigenvalue weighted by atomic mass is 32.2. The van der Waals surface area contributed by atoms with Gasteiger partial charge in [0, 0.05) is 31.0 Å². The summed E-state index contributed by atoms with van der Waals surface area (Å²) in [6, 6.07) is 19.6. The van der Waals surface area contributed by atoms with Gasteiger partial charge in [0.05, 0.1) is 16.9 Å². The number of imidazole rings is 1. The van der Waals surface area contributed by atoms with Gasteiger partial charge in [-0.05, 0) is 54.3 Å². The number of carbonyl (C=O) groups is 1. The van der Waals surface area contributed by atoms with Crippen molar-refractivity contribution in [2.75, 3.05) is 4.72 Å². The Hall–Kier alpha value is -3.91. The molecule has 0 radical (unpaired) electrons. The number of sulfonamides is 1. The summed E-state index contributed by atoms with van der Waals surface area (Å²) in [5.41, 5.74) is 4.38. The number of benzene rings is 3. The van der Waals surface area contributed by atoms with Gasteiger partial charge in [0.1, 0.15) is 0 Å². The Morgan fingerprint density at radius 2 is 1.74 bits per heavy atom. The average molecular weight is 475 g/mol. The first-order valence-corrected chi connectivity index (χ1v) is 12.3. The molecule has 4 aromatic rings. The van der Waals surface area contributed by atoms with Crippen molar-refractivity contribution in [3.63, 3.8) is 0 Å². The Labute approximate surface area is 199 Å². The number of amides is 1. The maximum absolute atomic E-state index is 12.9. The smallest absolute Gasteiger partial charge is 0.261 e. The Morgan fingerprint density at radius 3 is 2.50 bits per heavy atom. The first-order valence-electron chi connectivity index (χ1n) is 10.8. The van der Waals surface area contributed by atoms with Crippen molar-refractivity contribution >= 4 is 21.6 Å². The SMILES string of the molecule is Cc1ccccc1NS(=O)(=O)c1ccc(C)c(C(=O)NCc2cccc(Cn3ccnc3)c2)c1. The van der Waals surface area contributed by atoms with Crippen molar-refractivity contribution < 1.29 is 13.2 Å². The summed E-state index contributed by atoms with van der Waals surface area (Å²) in [4.78, 5) is 17.0. The van der Waals surface area contributed by atoms with E-state index in [4.69, 9.17) is 0 Å². The Kier molecular flexibility index (Phi) is 6.79. The van der Waals surface area contributed by atoms with Crippen molar-refractivity contribution in [1.29, 1.82) is 0 Å². The number of rotatable bonds is 8. The van der Waals surface area contributed by atoms with Crippen molar-refractivity contribution in [2.45, 2.75) is 31.8 Å². The molecule has 3 aromatic carbocycles. The van der Waals surface area contributed by atoms with Crippen LogP contribution in [0.3, 0.4) is 0 Å². The van der Waals surface area contributed by atoms with Gasteiger partial charge in [0.15, 0.2) is 0 Å². The molecule has 174 valence electrons. The summed E-state index contributed by atoms with van der Waals surface area (Å²) in [5, 5.41) is 2.91. The highest BCUT2D eigenvalue weighted by molar-refractivity contribution is 7.92. The van der Waals surface area contributed by atoms with E-state index in [2.05, 4.69) is 15.0 Å². The van der Waals surface area contributed by atoms with Crippen LogP contribution in [0.15, 0.2) is 90.3 Å². The molecule has 0 aliphatic carbocycles. The summed E-state index contributed by atoms with van der Waals surface area (Å²) < 4.78 is 30.5. The fourth-order valence-corrected chi connectivity index (χ4v) is 4.77. The van der Waals surface area contributed by atoms with E-state index >= 15 is 0 Å². The lowest BCUT2D eigenvalue weighted by Crippen LogP contribution is -2.24. The third kappa shape index (κ3) is 5.52. The first-order chi connectivity index (χ1) is 16.3. The molecule has 4 rings (SSSR count). The Balaban J connectivity index is 1.47. The van der Waals surface area contributed by atoms with Crippen LogP contribution in [0.25, 0.3) is 0 Å². The van der Waals surface area contributed by atoms with Gasteiger partial charge in [-0.3, -0.25) is 9.52 Å². The van der Waals surface area contributed by atoms with Crippen molar-refractivity contribution in [1.82, 2.24) is 14.9 Å². The molecule has 0 saturated heterocycles. The monoisotopic (exact) mass is 474 g/mol. The van der Waals surface area contributed by atoms with E-state index in [1.807, 2.05) is 54.1 Å². The number of hydrogen-bond acceptors (Lipinski definition) is 4. The lowest BCUT2D eigenvalue weighted by atomic mass is 10.1. The maximum atomic E-state index is 12.9. The van der Waals surface area contributed by atoms with Gasteiger partial charge >= 0.3 is 0 Å². The molecule has 0 aliphatic heterocycles. The van der Waals surface area contributed by atoms with E-state index in [1.165, 1.54) is 12.1 Å². The minimum Gasteiger partial charge on any atom is -0.348 e. The Bertz CT molecular complexity index is 1410. The lowest BCUT2D eigenvalue weighted by Gasteiger charge is -2.13. The van der Waals surface area contributed by atoms with E-state index in [-0.39, 0.29) is 10.8 Å². The second-order valence-electron chi connectivity index (χ2n) is 8.13. The number of nitrogens with zero attached hydrogens (tertiary/aromatic N) is 2. The quantitative estimate of drug-likeness (QED) is 0.399. The van der Waals surface area contributed by atoms with E-state index < -0.39 is 10.0 Å². The molecule has 1 aromatic heterocycles. The molecule has 0 fully saturated rings. The number of aryl methyl sites for hydroxylation is 2. The van der Waals surface area contributed by atoms with Gasteiger partial charge in [0.2, 0.25) is 0 Å². The summed E-state index contributed by atoms with van der Waals surface area (Å²) in [6.45, 7) is 4.63. The normalized spacial score (nSPS) is 11.2. The number of hydrogen-bond donors (Lipinski definition) is 2. The molecule has 0 aliphatic rings. The van der Waals surface area contributed by atoms with Crippen LogP contribution in [0.2, 0.25) is 0 Å². The van der Waals surface area contributed by atoms with Crippen LogP contribution in [0, 0.1) is 13.8 Å². The zero-order valence-corrected chi connectivity index (χ0v) is 19.8. The van der Waals surface area contributed by atoms with E-state index in [0.29, 0.717) is 29.9 Å². The summed E-state index contributed by atoms with van der Waals surface area (Å²) in [5.74, 6) is -0.328. The second kappa shape index (κ2) is 9.93. The molecule has 0 saturated carbocycles. The molecule has 1 heterocycles. The fourth-order valence-electron chi connectivity index (χ4n) is 3.61. The minimum absolute atomic E-state index is 0.0360. The second-order valence-corrected chi connectivity index (χ2v) is 9.82. The first kappa shape index (κ1) is 23.3. The van der Waals surface area contributed by atoms with Crippen LogP contribution in [0.5, 0.6) is 0 Å². The molecule has 34 heavy (non-hydrogen) atoms. The number of aromatic nitrogens is 2. The van der Waals surface area contributed by atoms with Gasteiger partial charge < -0.3 is 9.88 Å². The molecule has 2 N–H and O–H groups in total. The lowest BCUT2D eigenvalue weighted by molar-refractivity contribution is 0.0950. The topological polar surface area (TPSA) is 93.1 Å². The van der Waals surface area contributed by atoms with Crippen LogP contribution in [0.1, 0.15) is 32.6 Å². The highest BCUT2D eigenvalue weighted by Crippen LogP contribution is 2.21. The van der Waals surface area contributed by atoms with Crippen LogP contribution in [-0.4, -0.2) is 23.9 Å². The molecular weight excluding hydrogens is 448 g/mol. The number of anilines is 1. The fraction of sp³-hybridized carbons (Fsp3) is 0.154. The zero-order chi connectivity index (χ0) is 24.1. The largest absolute Gasteiger partial charge is 0.348 e. The molecule has 8 heteroatoms. The number of para-hydroxylation sites is 1. The summed E-state index contributed by atoms with van der Waals surface area (Å²) in [6.07, 6.45) is 5.38. The Morgan fingerprint density at radius 1 is 0.941 bits per heavy atom. The molecule has 0 atom stereocenters. The summed E-state index contributed by atoms with van der Waals surface area (Å²) in [7, 11) is -3.84. The van der Waals surface area contributed by atoms with Crippen molar-refractivity contribution in [3.05, 3.63) is 113 Å². The summed E-state index contributed by atoms with van der Waals surface area (Å²) >= 11 is 0. The predicted octanol–water partition coefficient (Wildman–Crippen LogP) is 4.28. The molecule has 0 spiro atoms. The van der Waals surface area contributed by atoms with Gasteiger partial charge in [0.25, 0.3) is 15.9 Å². The zero-order valence-electron chi connectivity index (χ0n) is 19.0. The van der Waals surface area contributed by atoms with E-state index in [0.717, 1.165) is 16.7 Å². The molecular formula is C26H26N4O3S. The third-order valence-corrected chi connectivity index (χ3v) is 6.89. The van der Waals surface area contributed by atoms with Crippen LogP contribution in [0.4, 0.5) is 5.69 Å². The van der Waals surface area contributed by atoms with E-state index in [1.54, 1.807) is 37.6 Å². The van der Waals surface area contributed by atoms with Crippen LogP contribution >= 0.6 is 0 Å². The standard InChI is InChI=1S/C26H26N4O3S/c1-19-10-11-23(34(32,33)29-25-9-4-3-6-20(25)2)15-24(19)26(31)28-16-21-7-5-8-22(14-21)17-30-13-12-27-18-30/h3-15,18,29H,16-17H2,1-2H3,(H,28,31). The van der Waals surface area contributed by atoms with Gasteiger partial charge in [-0.15, -0.1) is 0 Å². The number of carbonyl (C=O) groups excluding carboxylic acids is 1. The van der Waals surface area contributed by atoms with Gasteiger partial charge in [-0.1, -0.05) is 48.5 Å². The molecule has 0 bridgehead atoms.